The Balaban J connectivity index is 1.29. The third kappa shape index (κ3) is 5.16. The van der Waals surface area contributed by atoms with Gasteiger partial charge < -0.3 is 15.1 Å². The fraction of sp³-hybridized carbons (Fsp3) is 0.538. The Morgan fingerprint density at radius 1 is 1.21 bits per heavy atom. The Labute approximate surface area is 200 Å². The van der Waals surface area contributed by atoms with Crippen molar-refractivity contribution in [1.29, 1.82) is 0 Å². The number of hydrogen-bond donors (Lipinski definition) is 2. The predicted molar refractivity (Wildman–Crippen MR) is 132 cm³/mol. The standard InChI is InChI=1S/C26H34N6O2/c1-16(2)24-21(14-32(31-24)20-8-4-17(3)5-9-20)29-25(33)22-15-34-26(30-22)19-10-11-27-23(12-19)28-13-18-6-7-18/h10-12,14-18,20H,4-9,13H2,1-3H3,(H,27,28)(H,29,33)/t17-,20-. The normalized spacial score (nSPS) is 20.5. The summed E-state index contributed by atoms with van der Waals surface area (Å²) in [4.78, 5) is 21.8. The van der Waals surface area contributed by atoms with Gasteiger partial charge in [-0.2, -0.15) is 5.10 Å². The Kier molecular flexibility index (Phi) is 6.39. The van der Waals surface area contributed by atoms with Gasteiger partial charge in [-0.3, -0.25) is 9.48 Å². The highest BCUT2D eigenvalue weighted by molar-refractivity contribution is 6.03. The van der Waals surface area contributed by atoms with Crippen molar-refractivity contribution in [2.75, 3.05) is 17.2 Å². The summed E-state index contributed by atoms with van der Waals surface area (Å²) < 4.78 is 7.70. The molecule has 2 fully saturated rings. The number of aromatic nitrogens is 4. The van der Waals surface area contributed by atoms with Crippen molar-refractivity contribution in [3.8, 4) is 11.5 Å². The van der Waals surface area contributed by atoms with Gasteiger partial charge >= 0.3 is 0 Å². The quantitative estimate of drug-likeness (QED) is 0.434. The van der Waals surface area contributed by atoms with E-state index in [1.54, 1.807) is 6.20 Å². The fourth-order valence-corrected chi connectivity index (χ4v) is 4.55. The van der Waals surface area contributed by atoms with Crippen LogP contribution in [0, 0.1) is 11.8 Å². The number of rotatable bonds is 8. The minimum Gasteiger partial charge on any atom is -0.444 e. The van der Waals surface area contributed by atoms with Crippen LogP contribution in [-0.2, 0) is 0 Å². The van der Waals surface area contributed by atoms with E-state index in [9.17, 15) is 4.79 Å². The molecule has 3 aromatic heterocycles. The molecule has 0 spiro atoms. The number of carbonyl (C=O) groups is 1. The Morgan fingerprint density at radius 2 is 2.00 bits per heavy atom. The van der Waals surface area contributed by atoms with Crippen molar-refractivity contribution in [1.82, 2.24) is 19.7 Å². The Hall–Kier alpha value is -3.16. The monoisotopic (exact) mass is 462 g/mol. The number of pyridine rings is 1. The van der Waals surface area contributed by atoms with Crippen LogP contribution in [-0.4, -0.2) is 32.2 Å². The molecule has 34 heavy (non-hydrogen) atoms. The first-order valence-electron chi connectivity index (χ1n) is 12.5. The highest BCUT2D eigenvalue weighted by atomic mass is 16.3. The molecule has 2 N–H and O–H groups in total. The zero-order valence-electron chi connectivity index (χ0n) is 20.3. The first-order valence-corrected chi connectivity index (χ1v) is 12.5. The van der Waals surface area contributed by atoms with Crippen molar-refractivity contribution in [3.63, 3.8) is 0 Å². The molecule has 0 saturated heterocycles. The summed E-state index contributed by atoms with van der Waals surface area (Å²) in [5, 5.41) is 11.2. The zero-order valence-corrected chi connectivity index (χ0v) is 20.3. The summed E-state index contributed by atoms with van der Waals surface area (Å²) in [5.74, 6) is 2.63. The van der Waals surface area contributed by atoms with Crippen LogP contribution >= 0.6 is 0 Å². The number of oxazole rings is 1. The summed E-state index contributed by atoms with van der Waals surface area (Å²) in [5.41, 5.74) is 2.68. The third-order valence-corrected chi connectivity index (χ3v) is 6.93. The molecule has 2 aliphatic carbocycles. The first kappa shape index (κ1) is 22.6. The van der Waals surface area contributed by atoms with E-state index in [-0.39, 0.29) is 17.5 Å². The van der Waals surface area contributed by atoms with Gasteiger partial charge in [-0.05, 0) is 68.4 Å². The number of nitrogens with zero attached hydrogens (tertiary/aromatic N) is 4. The van der Waals surface area contributed by atoms with E-state index in [2.05, 4.69) is 46.1 Å². The van der Waals surface area contributed by atoms with Crippen molar-refractivity contribution >= 4 is 17.4 Å². The van der Waals surface area contributed by atoms with Gasteiger partial charge in [0.1, 0.15) is 12.1 Å². The van der Waals surface area contributed by atoms with E-state index in [0.29, 0.717) is 11.9 Å². The molecule has 0 aromatic carbocycles. The summed E-state index contributed by atoms with van der Waals surface area (Å²) in [7, 11) is 0. The fourth-order valence-electron chi connectivity index (χ4n) is 4.55. The minimum atomic E-state index is -0.296. The number of amides is 1. The number of anilines is 2. The molecule has 8 heteroatoms. The van der Waals surface area contributed by atoms with Crippen LogP contribution in [0.4, 0.5) is 11.5 Å². The average Bonchev–Trinajstić information content (AvgIpc) is 3.35. The van der Waals surface area contributed by atoms with Crippen LogP contribution in [0.25, 0.3) is 11.5 Å². The van der Waals surface area contributed by atoms with Crippen LogP contribution in [0.15, 0.2) is 35.2 Å². The Morgan fingerprint density at radius 3 is 2.74 bits per heavy atom. The van der Waals surface area contributed by atoms with Crippen LogP contribution in [0.1, 0.15) is 87.4 Å². The maximum Gasteiger partial charge on any atom is 0.277 e. The van der Waals surface area contributed by atoms with Gasteiger partial charge in [-0.1, -0.05) is 20.8 Å². The number of hydrogen-bond acceptors (Lipinski definition) is 6. The molecule has 3 heterocycles. The molecule has 0 unspecified atom stereocenters. The summed E-state index contributed by atoms with van der Waals surface area (Å²) in [6.45, 7) is 7.44. The molecule has 2 aliphatic rings. The molecule has 5 rings (SSSR count). The molecule has 8 nitrogen and oxygen atoms in total. The van der Waals surface area contributed by atoms with Crippen LogP contribution in [0.5, 0.6) is 0 Å². The number of carbonyl (C=O) groups excluding carboxylic acids is 1. The lowest BCUT2D eigenvalue weighted by molar-refractivity contribution is 0.102. The summed E-state index contributed by atoms with van der Waals surface area (Å²) >= 11 is 0. The van der Waals surface area contributed by atoms with Gasteiger partial charge in [0, 0.05) is 24.5 Å². The lowest BCUT2D eigenvalue weighted by atomic mass is 9.87. The number of nitrogens with one attached hydrogen (secondary N) is 2. The summed E-state index contributed by atoms with van der Waals surface area (Å²) in [6, 6.07) is 4.14. The maximum atomic E-state index is 13.0. The van der Waals surface area contributed by atoms with E-state index in [4.69, 9.17) is 9.52 Å². The van der Waals surface area contributed by atoms with Crippen LogP contribution < -0.4 is 10.6 Å². The average molecular weight is 463 g/mol. The largest absolute Gasteiger partial charge is 0.444 e. The van der Waals surface area contributed by atoms with E-state index in [0.717, 1.165) is 54.0 Å². The van der Waals surface area contributed by atoms with E-state index in [1.165, 1.54) is 31.9 Å². The summed E-state index contributed by atoms with van der Waals surface area (Å²) in [6.07, 6.45) is 12.4. The van der Waals surface area contributed by atoms with Gasteiger partial charge in [0.05, 0.1) is 17.4 Å². The second-order valence-electron chi connectivity index (χ2n) is 10.2. The van der Waals surface area contributed by atoms with Gasteiger partial charge in [0.2, 0.25) is 5.89 Å². The van der Waals surface area contributed by atoms with Crippen LogP contribution in [0.2, 0.25) is 0 Å². The zero-order chi connectivity index (χ0) is 23.7. The highest BCUT2D eigenvalue weighted by Gasteiger charge is 2.24. The molecular formula is C26H34N6O2. The van der Waals surface area contributed by atoms with Crippen molar-refractivity contribution in [2.24, 2.45) is 11.8 Å². The minimum absolute atomic E-state index is 0.199. The first-order chi connectivity index (χ1) is 16.5. The molecule has 0 aliphatic heterocycles. The molecule has 180 valence electrons. The molecule has 0 atom stereocenters. The predicted octanol–water partition coefficient (Wildman–Crippen LogP) is 5.88. The topological polar surface area (TPSA) is 97.9 Å². The van der Waals surface area contributed by atoms with Gasteiger partial charge in [0.15, 0.2) is 5.69 Å². The molecular weight excluding hydrogens is 428 g/mol. The van der Waals surface area contributed by atoms with E-state index >= 15 is 0 Å². The highest BCUT2D eigenvalue weighted by Crippen LogP contribution is 2.34. The lowest BCUT2D eigenvalue weighted by Crippen LogP contribution is -2.17. The molecule has 3 aromatic rings. The van der Waals surface area contributed by atoms with Gasteiger partial charge in [0.25, 0.3) is 5.91 Å². The van der Waals surface area contributed by atoms with Crippen molar-refractivity contribution in [2.45, 2.75) is 71.3 Å². The molecule has 0 radical (unpaired) electrons. The smallest absolute Gasteiger partial charge is 0.277 e. The second kappa shape index (κ2) is 9.60. The van der Waals surface area contributed by atoms with Crippen molar-refractivity contribution in [3.05, 3.63) is 42.2 Å². The third-order valence-electron chi connectivity index (χ3n) is 6.93. The molecule has 0 bridgehead atoms. The van der Waals surface area contributed by atoms with Crippen molar-refractivity contribution < 1.29 is 9.21 Å². The SMILES string of the molecule is CC(C)c1nn([C@H]2CC[C@H](C)CC2)cc1NC(=O)c1coc(-c2ccnc(NCC3CC3)c2)n1. The molecule has 2 saturated carbocycles. The van der Waals surface area contributed by atoms with E-state index < -0.39 is 0 Å². The van der Waals surface area contributed by atoms with Crippen LogP contribution in [0.3, 0.4) is 0 Å². The van der Waals surface area contributed by atoms with Gasteiger partial charge in [-0.25, -0.2) is 9.97 Å². The molecule has 1 amide bonds. The maximum absolute atomic E-state index is 13.0. The van der Waals surface area contributed by atoms with E-state index in [1.807, 2.05) is 18.3 Å². The second-order valence-corrected chi connectivity index (χ2v) is 10.2. The Bertz CT molecular complexity index is 1140. The van der Waals surface area contributed by atoms with Gasteiger partial charge in [-0.15, -0.1) is 0 Å². The lowest BCUT2D eigenvalue weighted by Gasteiger charge is -2.26.